The lowest BCUT2D eigenvalue weighted by Gasteiger charge is -2.18. The molecule has 0 saturated carbocycles. The fourth-order valence-electron chi connectivity index (χ4n) is 5.07. The van der Waals surface area contributed by atoms with E-state index in [4.69, 9.17) is 0 Å². The summed E-state index contributed by atoms with van der Waals surface area (Å²) in [5.74, 6) is 0.825. The van der Waals surface area contributed by atoms with Gasteiger partial charge in [-0.1, -0.05) is 54.6 Å². The first-order valence-corrected chi connectivity index (χ1v) is 13.3. The summed E-state index contributed by atoms with van der Waals surface area (Å²) in [6.07, 6.45) is 4.14. The largest absolute Gasteiger partial charge is 0.369 e. The quantitative estimate of drug-likeness (QED) is 0.317. The van der Waals surface area contributed by atoms with E-state index in [9.17, 15) is 9.59 Å². The van der Waals surface area contributed by atoms with Crippen LogP contribution in [-0.4, -0.2) is 38.7 Å². The van der Waals surface area contributed by atoms with Crippen molar-refractivity contribution in [2.24, 2.45) is 5.92 Å². The number of aryl methyl sites for hydroxylation is 2. The number of H-pyrrole nitrogens is 1. The predicted octanol–water partition coefficient (Wildman–Crippen LogP) is 4.42. The highest BCUT2D eigenvalue weighted by Gasteiger charge is 2.29. The number of nitrogens with one attached hydrogen (secondary N) is 2. The van der Waals surface area contributed by atoms with Crippen molar-refractivity contribution in [3.63, 3.8) is 0 Å². The smallest absolute Gasteiger partial charge is 0.269 e. The van der Waals surface area contributed by atoms with Crippen LogP contribution in [0.4, 0.5) is 11.4 Å². The van der Waals surface area contributed by atoms with Gasteiger partial charge < -0.3 is 15.2 Å². The van der Waals surface area contributed by atoms with E-state index in [2.05, 4.69) is 37.4 Å². The molecule has 0 aliphatic carbocycles. The second kappa shape index (κ2) is 10.9. The Kier molecular flexibility index (Phi) is 6.91. The van der Waals surface area contributed by atoms with Gasteiger partial charge in [-0.05, 0) is 48.2 Å². The summed E-state index contributed by atoms with van der Waals surface area (Å²) in [7, 11) is 0. The highest BCUT2D eigenvalue weighted by atomic mass is 16.2. The van der Waals surface area contributed by atoms with Crippen molar-refractivity contribution in [2.45, 2.75) is 25.8 Å². The number of benzene rings is 3. The molecule has 2 aromatic heterocycles. The maximum atomic E-state index is 13.0. The maximum absolute atomic E-state index is 13.0. The van der Waals surface area contributed by atoms with Crippen molar-refractivity contribution in [3.05, 3.63) is 118 Å². The number of para-hydroxylation sites is 2. The lowest BCUT2D eigenvalue weighted by Crippen LogP contribution is -2.29. The molecule has 1 aliphatic heterocycles. The fraction of sp³-hybridized carbons (Fsp3) is 0.226. The van der Waals surface area contributed by atoms with Gasteiger partial charge in [0.05, 0.1) is 35.4 Å². The third-order valence-electron chi connectivity index (χ3n) is 7.26. The number of carbonyl (C=O) groups is 1. The number of anilines is 2. The fourth-order valence-corrected chi connectivity index (χ4v) is 5.07. The molecule has 0 spiro atoms. The van der Waals surface area contributed by atoms with Crippen LogP contribution in [0.25, 0.3) is 11.0 Å². The summed E-state index contributed by atoms with van der Waals surface area (Å²) < 4.78 is 1.46. The summed E-state index contributed by atoms with van der Waals surface area (Å²) in [4.78, 5) is 35.7. The Hall–Kier alpha value is -4.72. The van der Waals surface area contributed by atoms with Gasteiger partial charge in [-0.15, -0.1) is 0 Å². The molecule has 8 nitrogen and oxygen atoms in total. The summed E-state index contributed by atoms with van der Waals surface area (Å²) >= 11 is 0. The molecule has 8 heteroatoms. The molecule has 0 bridgehead atoms. The first kappa shape index (κ1) is 24.6. The van der Waals surface area contributed by atoms with Crippen molar-refractivity contribution in [1.82, 2.24) is 19.7 Å². The maximum Gasteiger partial charge on any atom is 0.269 e. The van der Waals surface area contributed by atoms with Gasteiger partial charge in [0.15, 0.2) is 0 Å². The minimum absolute atomic E-state index is 0.00194. The van der Waals surface area contributed by atoms with E-state index < -0.39 is 0 Å². The minimum Gasteiger partial charge on any atom is -0.369 e. The van der Waals surface area contributed by atoms with Gasteiger partial charge in [0.1, 0.15) is 5.82 Å². The lowest BCUT2D eigenvalue weighted by molar-refractivity contribution is -0.119. The number of carbonyl (C=O) groups excluding carboxylic acids is 1. The van der Waals surface area contributed by atoms with Crippen molar-refractivity contribution < 1.29 is 4.79 Å². The molecule has 39 heavy (non-hydrogen) atoms. The van der Waals surface area contributed by atoms with Gasteiger partial charge in [0.2, 0.25) is 5.91 Å². The molecular formula is C31H30N6O2. The number of aromatic nitrogens is 4. The number of imidazole rings is 1. The SMILES string of the molecule is O=C(Nc1ccc(CCc2nc3ccccc3[nH]2)cc1)C1CCN(c2cnn(Cc3ccccc3)c(=O)c2)C1. The molecule has 1 fully saturated rings. The van der Waals surface area contributed by atoms with Crippen molar-refractivity contribution in [1.29, 1.82) is 0 Å². The number of hydrogen-bond acceptors (Lipinski definition) is 5. The third kappa shape index (κ3) is 5.75. The second-order valence-corrected chi connectivity index (χ2v) is 10.0. The molecule has 1 aliphatic rings. The van der Waals surface area contributed by atoms with Crippen LogP contribution in [0.5, 0.6) is 0 Å². The molecule has 6 rings (SSSR count). The molecule has 2 N–H and O–H groups in total. The Morgan fingerprint density at radius 2 is 1.74 bits per heavy atom. The van der Waals surface area contributed by atoms with Crippen LogP contribution in [0.2, 0.25) is 0 Å². The molecule has 1 amide bonds. The van der Waals surface area contributed by atoms with Gasteiger partial charge >= 0.3 is 0 Å². The van der Waals surface area contributed by atoms with Crippen LogP contribution < -0.4 is 15.8 Å². The van der Waals surface area contributed by atoms with E-state index in [0.29, 0.717) is 19.6 Å². The Bertz CT molecular complexity index is 1610. The molecule has 5 aromatic rings. The van der Waals surface area contributed by atoms with Gasteiger partial charge in [0, 0.05) is 31.3 Å². The second-order valence-electron chi connectivity index (χ2n) is 10.0. The first-order chi connectivity index (χ1) is 19.1. The van der Waals surface area contributed by atoms with Gasteiger partial charge in [-0.2, -0.15) is 5.10 Å². The van der Waals surface area contributed by atoms with Gasteiger partial charge in [-0.3, -0.25) is 9.59 Å². The van der Waals surface area contributed by atoms with E-state index in [0.717, 1.165) is 53.1 Å². The summed E-state index contributed by atoms with van der Waals surface area (Å²) in [6, 6.07) is 27.4. The van der Waals surface area contributed by atoms with Crippen LogP contribution in [-0.2, 0) is 24.2 Å². The topological polar surface area (TPSA) is 95.9 Å². The van der Waals surface area contributed by atoms with Gasteiger partial charge in [0.25, 0.3) is 5.56 Å². The minimum atomic E-state index is -0.149. The lowest BCUT2D eigenvalue weighted by atomic mass is 10.1. The Morgan fingerprint density at radius 1 is 0.949 bits per heavy atom. The number of aromatic amines is 1. The molecule has 3 aromatic carbocycles. The molecule has 0 radical (unpaired) electrons. The van der Waals surface area contributed by atoms with E-state index in [-0.39, 0.29) is 17.4 Å². The average molecular weight is 519 g/mol. The zero-order chi connectivity index (χ0) is 26.6. The van der Waals surface area contributed by atoms with E-state index >= 15 is 0 Å². The third-order valence-corrected chi connectivity index (χ3v) is 7.26. The average Bonchev–Trinajstić information content (AvgIpc) is 3.62. The summed E-state index contributed by atoms with van der Waals surface area (Å²) in [6.45, 7) is 1.71. The highest BCUT2D eigenvalue weighted by Crippen LogP contribution is 2.24. The summed E-state index contributed by atoms with van der Waals surface area (Å²) in [5.41, 5.74) is 5.65. The van der Waals surface area contributed by atoms with E-state index in [1.165, 1.54) is 10.2 Å². The van der Waals surface area contributed by atoms with E-state index in [1.54, 1.807) is 12.3 Å². The normalized spacial score (nSPS) is 15.1. The van der Waals surface area contributed by atoms with Crippen LogP contribution >= 0.6 is 0 Å². The molecule has 1 unspecified atom stereocenters. The zero-order valence-electron chi connectivity index (χ0n) is 21.6. The summed E-state index contributed by atoms with van der Waals surface area (Å²) in [5, 5.41) is 7.42. The molecule has 1 saturated heterocycles. The molecule has 1 atom stereocenters. The van der Waals surface area contributed by atoms with Crippen LogP contribution in [0, 0.1) is 5.92 Å². The molecular weight excluding hydrogens is 488 g/mol. The Morgan fingerprint density at radius 3 is 2.54 bits per heavy atom. The highest BCUT2D eigenvalue weighted by molar-refractivity contribution is 5.93. The van der Waals surface area contributed by atoms with Crippen LogP contribution in [0.1, 0.15) is 23.4 Å². The monoisotopic (exact) mass is 518 g/mol. The van der Waals surface area contributed by atoms with Crippen molar-refractivity contribution in [2.75, 3.05) is 23.3 Å². The van der Waals surface area contributed by atoms with Crippen LogP contribution in [0.3, 0.4) is 0 Å². The van der Waals surface area contributed by atoms with Gasteiger partial charge in [-0.25, -0.2) is 9.67 Å². The van der Waals surface area contributed by atoms with Crippen LogP contribution in [0.15, 0.2) is 95.9 Å². The number of hydrogen-bond donors (Lipinski definition) is 2. The van der Waals surface area contributed by atoms with E-state index in [1.807, 2.05) is 66.7 Å². The van der Waals surface area contributed by atoms with Crippen molar-refractivity contribution in [3.8, 4) is 0 Å². The standard InChI is InChI=1S/C31H30N6O2/c38-30-18-26(19-32-37(30)20-23-6-2-1-3-7-23)36-17-16-24(21-36)31(39)33-25-13-10-22(11-14-25)12-15-29-34-27-8-4-5-9-28(27)35-29/h1-11,13-14,18-19,24H,12,15-17,20-21H2,(H,33,39)(H,34,35). The number of rotatable bonds is 8. The number of amides is 1. The van der Waals surface area contributed by atoms with Crippen molar-refractivity contribution >= 4 is 28.3 Å². The Labute approximate surface area is 226 Å². The Balaban J connectivity index is 1.01. The predicted molar refractivity (Wildman–Crippen MR) is 153 cm³/mol. The number of nitrogens with zero attached hydrogens (tertiary/aromatic N) is 4. The first-order valence-electron chi connectivity index (χ1n) is 13.3. The molecule has 196 valence electrons. The zero-order valence-corrected chi connectivity index (χ0v) is 21.6. The number of fused-ring (bicyclic) bond motifs is 1. The molecule has 3 heterocycles.